The number of hydrogen-bond donors (Lipinski definition) is 1. The number of carbonyl (C=O) groups excluding carboxylic acids is 1. The first kappa shape index (κ1) is 31.8. The molecule has 0 aliphatic carbocycles. The van der Waals surface area contributed by atoms with E-state index >= 15 is 0 Å². The van der Waals surface area contributed by atoms with Crippen molar-refractivity contribution < 1.29 is 36.2 Å². The molecular formula is C30H40FeN6O3+2. The number of quaternary nitrogens is 1. The van der Waals surface area contributed by atoms with Crippen LogP contribution in [0.5, 0.6) is 0 Å². The summed E-state index contributed by atoms with van der Waals surface area (Å²) in [5.41, 5.74) is 1.61. The van der Waals surface area contributed by atoms with Crippen LogP contribution in [-0.4, -0.2) is 86.2 Å². The molecule has 10 heteroatoms. The van der Waals surface area contributed by atoms with Crippen molar-refractivity contribution in [2.75, 3.05) is 45.9 Å². The van der Waals surface area contributed by atoms with Crippen molar-refractivity contribution in [1.29, 1.82) is 0 Å². The zero-order valence-corrected chi connectivity index (χ0v) is 24.5. The molecule has 0 bridgehead atoms. The third kappa shape index (κ3) is 8.64. The van der Waals surface area contributed by atoms with Gasteiger partial charge in [0.2, 0.25) is 0 Å². The number of aliphatic hydroxyl groups is 1. The molecule has 4 heterocycles. The summed E-state index contributed by atoms with van der Waals surface area (Å²) >= 11 is 0. The maximum atomic E-state index is 13.2. The number of pyridine rings is 3. The van der Waals surface area contributed by atoms with Gasteiger partial charge in [-0.05, 0) is 50.2 Å². The van der Waals surface area contributed by atoms with Crippen LogP contribution in [0, 0.1) is 12.5 Å². The molecule has 40 heavy (non-hydrogen) atoms. The molecule has 0 amide bonds. The van der Waals surface area contributed by atoms with E-state index in [9.17, 15) is 9.90 Å². The molecule has 1 aliphatic heterocycles. The predicted octanol–water partition coefficient (Wildman–Crippen LogP) is 3.06. The minimum absolute atomic E-state index is 0. The van der Waals surface area contributed by atoms with Gasteiger partial charge in [0.25, 0.3) is 6.23 Å². The van der Waals surface area contributed by atoms with Crippen molar-refractivity contribution in [3.8, 4) is 0 Å². The van der Waals surface area contributed by atoms with Crippen LogP contribution in [0.2, 0.25) is 0 Å². The second-order valence-corrected chi connectivity index (χ2v) is 10.9. The van der Waals surface area contributed by atoms with Crippen LogP contribution in [-0.2, 0) is 39.7 Å². The molecule has 1 fully saturated rings. The number of rotatable bonds is 9. The van der Waals surface area contributed by atoms with Gasteiger partial charge in [0.05, 0.1) is 36.5 Å². The van der Waals surface area contributed by atoms with Gasteiger partial charge in [-0.15, -0.1) is 7.05 Å². The van der Waals surface area contributed by atoms with Gasteiger partial charge >= 0.3 is 23.0 Å². The first-order chi connectivity index (χ1) is 18.8. The summed E-state index contributed by atoms with van der Waals surface area (Å²) in [6.07, 6.45) is 4.62. The van der Waals surface area contributed by atoms with E-state index in [1.165, 1.54) is 0 Å². The Balaban J connectivity index is 0.00000441. The van der Waals surface area contributed by atoms with E-state index in [-0.39, 0.29) is 28.2 Å². The van der Waals surface area contributed by atoms with Crippen LogP contribution in [0.3, 0.4) is 0 Å². The number of esters is 1. The monoisotopic (exact) mass is 588 g/mol. The number of carbonyl (C=O) groups is 1. The molecule has 214 valence electrons. The molecule has 0 saturated carbocycles. The summed E-state index contributed by atoms with van der Waals surface area (Å²) in [5, 5.41) is 9.83. The molecule has 1 saturated heterocycles. The molecule has 3 aromatic rings. The zero-order valence-electron chi connectivity index (χ0n) is 23.4. The molecule has 0 spiro atoms. The first-order valence-electron chi connectivity index (χ1n) is 13.5. The Kier molecular flexibility index (Phi) is 11.7. The molecule has 1 unspecified atom stereocenters. The Morgan fingerprint density at radius 2 is 1.40 bits per heavy atom. The summed E-state index contributed by atoms with van der Waals surface area (Å²) in [7, 11) is 4.67. The molecule has 4 rings (SSSR count). The average Bonchev–Trinajstić information content (AvgIpc) is 3.03. The molecule has 1 atom stereocenters. The van der Waals surface area contributed by atoms with Gasteiger partial charge in [0.1, 0.15) is 5.69 Å². The quantitative estimate of drug-likeness (QED) is 0.177. The number of aromatic nitrogens is 3. The van der Waals surface area contributed by atoms with Gasteiger partial charge in [-0.3, -0.25) is 29.5 Å². The topological polar surface area (TPSA) is 91.7 Å². The Hall–Kier alpha value is -2.72. The Morgan fingerprint density at radius 3 is 1.82 bits per heavy atom. The Labute approximate surface area is 248 Å². The minimum Gasteiger partial charge on any atom is -0.414 e. The van der Waals surface area contributed by atoms with Crippen molar-refractivity contribution in [3.63, 3.8) is 0 Å². The van der Waals surface area contributed by atoms with Gasteiger partial charge in [-0.2, -0.15) is 0 Å². The predicted molar refractivity (Wildman–Crippen MR) is 148 cm³/mol. The van der Waals surface area contributed by atoms with Gasteiger partial charge in [0, 0.05) is 57.9 Å². The minimum atomic E-state index is -1.04. The summed E-state index contributed by atoms with van der Waals surface area (Å²) in [4.78, 5) is 31.6. The van der Waals surface area contributed by atoms with Crippen LogP contribution in [0.1, 0.15) is 37.2 Å². The van der Waals surface area contributed by atoms with Gasteiger partial charge in [-0.25, -0.2) is 0 Å². The fraction of sp³-hybridized carbons (Fsp3) is 0.433. The van der Waals surface area contributed by atoms with Gasteiger partial charge in [-0.1, -0.05) is 18.2 Å². The Bertz CT molecular complexity index is 1120. The SMILES string of the molecule is [CH2-][N+]1(C(OC(=O)C(C)(C)CO)c2ccccn2)CCN(Cc2ccccn2)CCN(Cc2ccccn2)CC1.[Fe+2]. The smallest absolute Gasteiger partial charge is 0.414 e. The van der Waals surface area contributed by atoms with E-state index in [1.807, 2.05) is 67.0 Å². The summed E-state index contributed by atoms with van der Waals surface area (Å²) in [6, 6.07) is 17.6. The molecule has 1 aliphatic rings. The van der Waals surface area contributed by atoms with Crippen molar-refractivity contribution in [2.45, 2.75) is 33.2 Å². The van der Waals surface area contributed by atoms with Crippen LogP contribution in [0.25, 0.3) is 0 Å². The van der Waals surface area contributed by atoms with E-state index in [2.05, 4.69) is 31.8 Å². The maximum absolute atomic E-state index is 13.2. The fourth-order valence-electron chi connectivity index (χ4n) is 4.59. The van der Waals surface area contributed by atoms with Crippen LogP contribution in [0.15, 0.2) is 73.2 Å². The molecular weight excluding hydrogens is 548 g/mol. The third-order valence-corrected chi connectivity index (χ3v) is 7.28. The number of hydrogen-bond acceptors (Lipinski definition) is 8. The first-order valence-corrected chi connectivity index (χ1v) is 13.5. The number of ether oxygens (including phenoxy) is 1. The van der Waals surface area contributed by atoms with Crippen molar-refractivity contribution in [2.24, 2.45) is 5.41 Å². The molecule has 1 N–H and O–H groups in total. The van der Waals surface area contributed by atoms with Gasteiger partial charge < -0.3 is 14.3 Å². The maximum Gasteiger partial charge on any atom is 2.00 e. The fourth-order valence-corrected chi connectivity index (χ4v) is 4.59. The van der Waals surface area contributed by atoms with Crippen molar-refractivity contribution >= 4 is 5.97 Å². The van der Waals surface area contributed by atoms with Crippen molar-refractivity contribution in [1.82, 2.24) is 24.8 Å². The van der Waals surface area contributed by atoms with E-state index in [1.54, 1.807) is 20.0 Å². The third-order valence-electron chi connectivity index (χ3n) is 7.28. The Morgan fingerprint density at radius 1 is 0.900 bits per heavy atom. The van der Waals surface area contributed by atoms with E-state index in [0.29, 0.717) is 31.9 Å². The summed E-state index contributed by atoms with van der Waals surface area (Å²) in [6.45, 7) is 8.94. The van der Waals surface area contributed by atoms with E-state index in [4.69, 9.17) is 4.74 Å². The molecule has 9 nitrogen and oxygen atoms in total. The van der Waals surface area contributed by atoms with E-state index < -0.39 is 17.6 Å². The molecule has 0 aromatic carbocycles. The number of aliphatic hydroxyl groups excluding tert-OH is 1. The zero-order chi connectivity index (χ0) is 27.7. The summed E-state index contributed by atoms with van der Waals surface area (Å²) in [5.74, 6) is -0.475. The molecule has 3 aromatic heterocycles. The second-order valence-electron chi connectivity index (χ2n) is 10.9. The van der Waals surface area contributed by atoms with Crippen LogP contribution >= 0.6 is 0 Å². The summed E-state index contributed by atoms with van der Waals surface area (Å²) < 4.78 is 6.38. The molecule has 0 radical (unpaired) electrons. The van der Waals surface area contributed by atoms with Crippen LogP contribution in [0.4, 0.5) is 0 Å². The van der Waals surface area contributed by atoms with E-state index in [0.717, 1.165) is 37.6 Å². The second kappa shape index (κ2) is 14.8. The normalized spacial score (nSPS) is 17.5. The average molecular weight is 589 g/mol. The number of nitrogens with zero attached hydrogens (tertiary/aromatic N) is 6. The van der Waals surface area contributed by atoms with Gasteiger partial charge in [0.15, 0.2) is 0 Å². The van der Waals surface area contributed by atoms with Crippen molar-refractivity contribution in [3.05, 3.63) is 97.3 Å². The van der Waals surface area contributed by atoms with Crippen LogP contribution < -0.4 is 0 Å². The standard InChI is InChI=1S/C30H40N6O3.Fe/c1-30(2,24-37)29(38)39-28(27-12-6-9-15-33-27)36(3)20-18-34(22-25-10-4-7-13-31-25)16-17-35(19-21-36)23-26-11-5-8-14-32-26;/h4-15,28,37H,3,16-24H2,1-2H3;/q;+2. The largest absolute Gasteiger partial charge is 2.00 e.